The molecule has 1 aromatic heterocycles. The summed E-state index contributed by atoms with van der Waals surface area (Å²) in [6.45, 7) is 6.32. The number of carbonyl (C=O) groups excluding carboxylic acids is 1. The number of piperidine rings is 1. The highest BCUT2D eigenvalue weighted by atomic mass is 16.5. The third kappa shape index (κ3) is 5.01. The van der Waals surface area contributed by atoms with E-state index >= 15 is 0 Å². The second kappa shape index (κ2) is 9.55. The minimum Gasteiger partial charge on any atom is -0.490 e. The molecule has 0 spiro atoms. The number of ether oxygens (including phenoxy) is 2. The number of aromatic nitrogens is 1. The van der Waals surface area contributed by atoms with E-state index in [1.54, 1.807) is 18.5 Å². The zero-order chi connectivity index (χ0) is 19.9. The van der Waals surface area contributed by atoms with E-state index in [4.69, 9.17) is 15.2 Å². The van der Waals surface area contributed by atoms with Crippen molar-refractivity contribution in [2.24, 2.45) is 11.7 Å². The molecule has 1 aromatic carbocycles. The average Bonchev–Trinajstić information content (AvgIpc) is 2.73. The van der Waals surface area contributed by atoms with Crippen LogP contribution in [0.25, 0.3) is 0 Å². The molecule has 0 aliphatic carbocycles. The summed E-state index contributed by atoms with van der Waals surface area (Å²) in [5.41, 5.74) is 7.69. The molecule has 2 heterocycles. The fourth-order valence-corrected chi connectivity index (χ4v) is 3.47. The van der Waals surface area contributed by atoms with Gasteiger partial charge in [-0.25, -0.2) is 0 Å². The first-order valence-corrected chi connectivity index (χ1v) is 9.92. The number of rotatable bonds is 7. The van der Waals surface area contributed by atoms with Gasteiger partial charge in [0.1, 0.15) is 6.61 Å². The van der Waals surface area contributed by atoms with E-state index in [1.165, 1.54) is 0 Å². The van der Waals surface area contributed by atoms with Crippen LogP contribution in [0.1, 0.15) is 42.6 Å². The summed E-state index contributed by atoms with van der Waals surface area (Å²) < 4.78 is 11.6. The predicted molar refractivity (Wildman–Crippen MR) is 108 cm³/mol. The number of nitrogens with two attached hydrogens (primary N) is 1. The Morgan fingerprint density at radius 2 is 2.04 bits per heavy atom. The summed E-state index contributed by atoms with van der Waals surface area (Å²) in [7, 11) is 0. The number of carbonyl (C=O) groups is 1. The van der Waals surface area contributed by atoms with Gasteiger partial charge in [0.05, 0.1) is 6.61 Å². The molecule has 1 saturated heterocycles. The molecule has 0 radical (unpaired) electrons. The molecule has 2 atom stereocenters. The van der Waals surface area contributed by atoms with Crippen LogP contribution in [-0.2, 0) is 6.61 Å². The lowest BCUT2D eigenvalue weighted by Gasteiger charge is -2.34. The van der Waals surface area contributed by atoms with Crippen molar-refractivity contribution >= 4 is 5.91 Å². The molecule has 6 heteroatoms. The molecule has 0 bridgehead atoms. The van der Waals surface area contributed by atoms with Crippen molar-refractivity contribution in [2.45, 2.75) is 39.3 Å². The van der Waals surface area contributed by atoms with Crippen LogP contribution in [0.5, 0.6) is 11.5 Å². The number of likely N-dealkylation sites (tertiary alicyclic amines) is 1. The summed E-state index contributed by atoms with van der Waals surface area (Å²) in [4.78, 5) is 18.9. The van der Waals surface area contributed by atoms with Crippen molar-refractivity contribution in [1.29, 1.82) is 0 Å². The molecule has 2 N–H and O–H groups in total. The average molecular weight is 383 g/mol. The predicted octanol–water partition coefficient (Wildman–Crippen LogP) is 3.26. The highest BCUT2D eigenvalue weighted by Crippen LogP contribution is 2.30. The smallest absolute Gasteiger partial charge is 0.254 e. The molecule has 2 aromatic rings. The summed E-state index contributed by atoms with van der Waals surface area (Å²) in [6, 6.07) is 9.31. The number of hydrogen-bond acceptors (Lipinski definition) is 5. The topological polar surface area (TPSA) is 77.7 Å². The second-order valence-corrected chi connectivity index (χ2v) is 7.25. The van der Waals surface area contributed by atoms with Crippen LogP contribution in [-0.4, -0.2) is 41.5 Å². The number of nitrogens with zero attached hydrogens (tertiary/aromatic N) is 2. The summed E-state index contributed by atoms with van der Waals surface area (Å²) in [5.74, 6) is 1.59. The third-order valence-electron chi connectivity index (χ3n) is 5.12. The van der Waals surface area contributed by atoms with Crippen LogP contribution in [0.2, 0.25) is 0 Å². The number of pyridine rings is 1. The molecule has 150 valence electrons. The van der Waals surface area contributed by atoms with Gasteiger partial charge < -0.3 is 20.1 Å². The van der Waals surface area contributed by atoms with Crippen LogP contribution < -0.4 is 15.2 Å². The van der Waals surface area contributed by atoms with Crippen LogP contribution >= 0.6 is 0 Å². The lowest BCUT2D eigenvalue weighted by Crippen LogP contribution is -2.45. The Morgan fingerprint density at radius 3 is 2.75 bits per heavy atom. The van der Waals surface area contributed by atoms with Crippen molar-refractivity contribution in [3.8, 4) is 11.5 Å². The van der Waals surface area contributed by atoms with Crippen LogP contribution in [0.4, 0.5) is 0 Å². The Kier molecular flexibility index (Phi) is 6.87. The summed E-state index contributed by atoms with van der Waals surface area (Å²) in [6.07, 6.45) is 5.53. The fraction of sp³-hybridized carbons (Fsp3) is 0.455. The van der Waals surface area contributed by atoms with Crippen molar-refractivity contribution in [3.05, 3.63) is 53.9 Å². The maximum Gasteiger partial charge on any atom is 0.254 e. The van der Waals surface area contributed by atoms with Gasteiger partial charge >= 0.3 is 0 Å². The first kappa shape index (κ1) is 20.1. The Hall–Kier alpha value is -2.60. The zero-order valence-corrected chi connectivity index (χ0v) is 16.6. The fourth-order valence-electron chi connectivity index (χ4n) is 3.47. The van der Waals surface area contributed by atoms with Gasteiger partial charge in [0.15, 0.2) is 11.5 Å². The first-order valence-electron chi connectivity index (χ1n) is 9.92. The molecule has 3 rings (SSSR count). The van der Waals surface area contributed by atoms with E-state index in [-0.39, 0.29) is 11.9 Å². The Balaban J connectivity index is 1.73. The lowest BCUT2D eigenvalue weighted by molar-refractivity contribution is 0.0660. The van der Waals surface area contributed by atoms with Crippen molar-refractivity contribution in [1.82, 2.24) is 9.88 Å². The van der Waals surface area contributed by atoms with Gasteiger partial charge in [-0.1, -0.05) is 0 Å². The molecular formula is C22H29N3O3. The van der Waals surface area contributed by atoms with E-state index in [1.807, 2.05) is 43.0 Å². The largest absolute Gasteiger partial charge is 0.490 e. The molecule has 0 unspecified atom stereocenters. The first-order chi connectivity index (χ1) is 13.6. The molecule has 1 amide bonds. The van der Waals surface area contributed by atoms with Gasteiger partial charge in [0, 0.05) is 37.1 Å². The second-order valence-electron chi connectivity index (χ2n) is 7.25. The Morgan fingerprint density at radius 1 is 1.25 bits per heavy atom. The van der Waals surface area contributed by atoms with Crippen LogP contribution in [0, 0.1) is 5.92 Å². The van der Waals surface area contributed by atoms with Gasteiger partial charge in [0.25, 0.3) is 5.91 Å². The number of benzene rings is 1. The SMILES string of the molecule is CCOc1cc(C(=O)N2CCC[C@H]([C@H](C)N)C2)ccc1OCc1ccncc1. The van der Waals surface area contributed by atoms with Crippen LogP contribution in [0.15, 0.2) is 42.7 Å². The van der Waals surface area contributed by atoms with Crippen molar-refractivity contribution < 1.29 is 14.3 Å². The van der Waals surface area contributed by atoms with E-state index in [0.717, 1.165) is 24.9 Å². The van der Waals surface area contributed by atoms with E-state index in [0.29, 0.717) is 42.7 Å². The van der Waals surface area contributed by atoms with Gasteiger partial charge in [-0.2, -0.15) is 0 Å². The highest BCUT2D eigenvalue weighted by molar-refractivity contribution is 5.95. The third-order valence-corrected chi connectivity index (χ3v) is 5.12. The minimum absolute atomic E-state index is 0.0204. The molecule has 1 fully saturated rings. The van der Waals surface area contributed by atoms with E-state index in [2.05, 4.69) is 4.98 Å². The molecule has 1 aliphatic heterocycles. The van der Waals surface area contributed by atoms with Gasteiger partial charge in [0.2, 0.25) is 0 Å². The van der Waals surface area contributed by atoms with E-state index in [9.17, 15) is 4.79 Å². The quantitative estimate of drug-likeness (QED) is 0.794. The Bertz CT molecular complexity index is 780. The van der Waals surface area contributed by atoms with Crippen molar-refractivity contribution in [2.75, 3.05) is 19.7 Å². The maximum absolute atomic E-state index is 13.0. The molecular weight excluding hydrogens is 354 g/mol. The van der Waals surface area contributed by atoms with E-state index < -0.39 is 0 Å². The number of amides is 1. The maximum atomic E-state index is 13.0. The normalized spacial score (nSPS) is 17.8. The van der Waals surface area contributed by atoms with Gasteiger partial charge in [-0.15, -0.1) is 0 Å². The lowest BCUT2D eigenvalue weighted by atomic mass is 9.92. The monoisotopic (exact) mass is 383 g/mol. The molecule has 1 aliphatic rings. The molecule has 28 heavy (non-hydrogen) atoms. The summed E-state index contributed by atoms with van der Waals surface area (Å²) in [5, 5.41) is 0. The minimum atomic E-state index is 0.0204. The van der Waals surface area contributed by atoms with Crippen LogP contribution in [0.3, 0.4) is 0 Å². The number of hydrogen-bond donors (Lipinski definition) is 1. The Labute approximate surface area is 166 Å². The standard InChI is InChI=1S/C22H29N3O3/c1-3-27-21-13-18(22(26)25-12-4-5-19(14-25)16(2)23)6-7-20(21)28-15-17-8-10-24-11-9-17/h6-11,13,16,19H,3-5,12,14-15,23H2,1-2H3/t16-,19-/m0/s1. The van der Waals surface area contributed by atoms with Crippen molar-refractivity contribution in [3.63, 3.8) is 0 Å². The molecule has 6 nitrogen and oxygen atoms in total. The molecule has 0 saturated carbocycles. The van der Waals surface area contributed by atoms with Gasteiger partial charge in [-0.05, 0) is 68.5 Å². The zero-order valence-electron chi connectivity index (χ0n) is 16.6. The summed E-state index contributed by atoms with van der Waals surface area (Å²) >= 11 is 0. The highest BCUT2D eigenvalue weighted by Gasteiger charge is 2.27. The van der Waals surface area contributed by atoms with Gasteiger partial charge in [-0.3, -0.25) is 9.78 Å².